The molecule has 1 aromatic heterocycles. The van der Waals surface area contributed by atoms with Crippen molar-refractivity contribution < 1.29 is 26.0 Å². The highest BCUT2D eigenvalue weighted by molar-refractivity contribution is 7.94. The van der Waals surface area contributed by atoms with Crippen LogP contribution < -0.4 is 9.03 Å². The third-order valence-corrected chi connectivity index (χ3v) is 8.95. The van der Waals surface area contributed by atoms with Gasteiger partial charge >= 0.3 is 0 Å². The van der Waals surface area contributed by atoms with E-state index in [4.69, 9.17) is 4.42 Å². The van der Waals surface area contributed by atoms with Crippen LogP contribution in [0.2, 0.25) is 0 Å². The number of anilines is 1. The number of likely N-dealkylation sites (tertiary alicyclic amines) is 1. The quantitative estimate of drug-likeness (QED) is 0.659. The van der Waals surface area contributed by atoms with Crippen LogP contribution in [0.25, 0.3) is 0 Å². The predicted octanol–water partition coefficient (Wildman–Crippen LogP) is 1.77. The second kappa shape index (κ2) is 8.38. The molecule has 168 valence electrons. The predicted molar refractivity (Wildman–Crippen MR) is 115 cm³/mol. The van der Waals surface area contributed by atoms with E-state index in [1.54, 1.807) is 19.3 Å². The summed E-state index contributed by atoms with van der Waals surface area (Å²) in [4.78, 5) is 14.2. The summed E-state index contributed by atoms with van der Waals surface area (Å²) in [5.41, 5.74) is 0.492. The van der Waals surface area contributed by atoms with E-state index in [2.05, 4.69) is 9.62 Å². The fourth-order valence-electron chi connectivity index (χ4n) is 4.08. The normalized spacial score (nSPS) is 20.4. The van der Waals surface area contributed by atoms with Gasteiger partial charge in [0.2, 0.25) is 26.0 Å². The van der Waals surface area contributed by atoms with Gasteiger partial charge in [0.1, 0.15) is 5.76 Å². The minimum absolute atomic E-state index is 0.0376. The Labute approximate surface area is 182 Å². The van der Waals surface area contributed by atoms with Crippen molar-refractivity contribution in [3.63, 3.8) is 0 Å². The number of furan rings is 1. The summed E-state index contributed by atoms with van der Waals surface area (Å²) in [7, 11) is -7.75. The lowest BCUT2D eigenvalue weighted by atomic mass is 10.2. The zero-order valence-corrected chi connectivity index (χ0v) is 18.8. The monoisotopic (exact) mass is 467 g/mol. The lowest BCUT2D eigenvalue weighted by Crippen LogP contribution is -2.37. The van der Waals surface area contributed by atoms with Crippen molar-refractivity contribution in [2.75, 3.05) is 29.7 Å². The first-order chi connectivity index (χ1) is 14.7. The second-order valence-electron chi connectivity index (χ2n) is 7.80. The molecule has 11 heteroatoms. The Morgan fingerprint density at radius 2 is 1.94 bits per heavy atom. The molecule has 2 aliphatic rings. The van der Waals surface area contributed by atoms with E-state index >= 15 is 0 Å². The highest BCUT2D eigenvalue weighted by Crippen LogP contribution is 2.30. The third kappa shape index (κ3) is 4.40. The van der Waals surface area contributed by atoms with E-state index in [9.17, 15) is 21.6 Å². The van der Waals surface area contributed by atoms with Crippen LogP contribution in [0.1, 0.15) is 36.6 Å². The fourth-order valence-corrected chi connectivity index (χ4v) is 6.84. The van der Waals surface area contributed by atoms with Crippen molar-refractivity contribution in [3.05, 3.63) is 47.9 Å². The molecule has 31 heavy (non-hydrogen) atoms. The highest BCUT2D eigenvalue weighted by atomic mass is 32.2. The molecule has 2 aliphatic heterocycles. The molecular weight excluding hydrogens is 442 g/mol. The lowest BCUT2D eigenvalue weighted by molar-refractivity contribution is -0.116. The number of hydrogen-bond donors (Lipinski definition) is 1. The first-order valence-electron chi connectivity index (χ1n) is 10.1. The van der Waals surface area contributed by atoms with Gasteiger partial charge in [0, 0.05) is 13.0 Å². The largest absolute Gasteiger partial charge is 0.468 e. The summed E-state index contributed by atoms with van der Waals surface area (Å²) < 4.78 is 59.6. The number of carbonyl (C=O) groups is 1. The molecule has 2 aromatic rings. The molecule has 0 bridgehead atoms. The van der Waals surface area contributed by atoms with Crippen LogP contribution in [-0.4, -0.2) is 53.0 Å². The number of carbonyl (C=O) groups excluding carboxylic acids is 1. The molecule has 4 rings (SSSR count). The molecule has 1 atom stereocenters. The number of nitrogens with zero attached hydrogens (tertiary/aromatic N) is 2. The number of rotatable bonds is 7. The fraction of sp³-hybridized carbons (Fsp3) is 0.450. The van der Waals surface area contributed by atoms with Crippen molar-refractivity contribution >= 4 is 31.6 Å². The van der Waals surface area contributed by atoms with E-state index in [-0.39, 0.29) is 35.3 Å². The van der Waals surface area contributed by atoms with Crippen molar-refractivity contribution in [1.29, 1.82) is 0 Å². The minimum atomic E-state index is -3.96. The first kappa shape index (κ1) is 22.0. The van der Waals surface area contributed by atoms with Gasteiger partial charge in [0.25, 0.3) is 0 Å². The molecular formula is C20H25N3O6S2. The molecule has 3 heterocycles. The number of hydrogen-bond acceptors (Lipinski definition) is 7. The molecule has 2 saturated heterocycles. The number of benzene rings is 1. The van der Waals surface area contributed by atoms with Crippen molar-refractivity contribution in [3.8, 4) is 0 Å². The molecule has 2 fully saturated rings. The molecule has 0 radical (unpaired) electrons. The molecule has 1 unspecified atom stereocenters. The third-order valence-electron chi connectivity index (χ3n) is 5.69. The molecule has 1 N–H and O–H groups in total. The molecule has 0 aliphatic carbocycles. The van der Waals surface area contributed by atoms with Gasteiger partial charge in [-0.15, -0.1) is 0 Å². The smallest absolute Gasteiger partial charge is 0.242 e. The van der Waals surface area contributed by atoms with Gasteiger partial charge in [-0.1, -0.05) is 6.07 Å². The van der Waals surface area contributed by atoms with Gasteiger partial charge in [-0.3, -0.25) is 9.69 Å². The SMILES string of the molecule is Cc1ccc(N2C(=O)CCS2(=O)=O)cc1S(=O)(=O)NCC(c1ccco1)N1CCCC1. The van der Waals surface area contributed by atoms with Crippen LogP contribution in [0.5, 0.6) is 0 Å². The molecule has 0 spiro atoms. The minimum Gasteiger partial charge on any atom is -0.468 e. The molecule has 9 nitrogen and oxygen atoms in total. The summed E-state index contributed by atoms with van der Waals surface area (Å²) in [6, 6.07) is 7.56. The van der Waals surface area contributed by atoms with Gasteiger partial charge in [-0.05, 0) is 62.7 Å². The van der Waals surface area contributed by atoms with Crippen LogP contribution in [0.3, 0.4) is 0 Å². The van der Waals surface area contributed by atoms with Crippen LogP contribution >= 0.6 is 0 Å². The summed E-state index contributed by atoms with van der Waals surface area (Å²) in [6.07, 6.45) is 3.54. The van der Waals surface area contributed by atoms with Crippen LogP contribution in [0.15, 0.2) is 45.9 Å². The maximum absolute atomic E-state index is 13.1. The standard InChI is InChI=1S/C20H25N3O6S2/c1-15-6-7-16(23-20(24)8-12-30(23,25)26)13-19(15)31(27,28)21-14-17(18-5-4-11-29-18)22-9-2-3-10-22/h4-7,11,13,17,21H,2-3,8-10,12,14H2,1H3. The zero-order valence-electron chi connectivity index (χ0n) is 17.2. The zero-order chi connectivity index (χ0) is 22.2. The molecule has 1 amide bonds. The van der Waals surface area contributed by atoms with Gasteiger partial charge in [0.05, 0.1) is 28.6 Å². The number of sulfonamides is 2. The van der Waals surface area contributed by atoms with Gasteiger partial charge in [0.15, 0.2) is 0 Å². The Kier molecular flexibility index (Phi) is 5.95. The Bertz CT molecular complexity index is 1170. The Morgan fingerprint density at radius 3 is 2.55 bits per heavy atom. The van der Waals surface area contributed by atoms with Crippen molar-refractivity contribution in [2.45, 2.75) is 37.1 Å². The van der Waals surface area contributed by atoms with Crippen LogP contribution in [0, 0.1) is 6.92 Å². The Morgan fingerprint density at radius 1 is 1.19 bits per heavy atom. The van der Waals surface area contributed by atoms with E-state index in [1.165, 1.54) is 18.2 Å². The molecule has 0 saturated carbocycles. The van der Waals surface area contributed by atoms with E-state index in [0.29, 0.717) is 15.6 Å². The molecule has 1 aromatic carbocycles. The Balaban J connectivity index is 1.60. The highest BCUT2D eigenvalue weighted by Gasteiger charge is 2.37. The number of nitrogens with one attached hydrogen (secondary N) is 1. The average molecular weight is 468 g/mol. The second-order valence-corrected chi connectivity index (χ2v) is 11.5. The average Bonchev–Trinajstić information content (AvgIpc) is 3.46. The van der Waals surface area contributed by atoms with Crippen molar-refractivity contribution in [2.24, 2.45) is 0 Å². The first-order valence-corrected chi connectivity index (χ1v) is 13.2. The summed E-state index contributed by atoms with van der Waals surface area (Å²) in [6.45, 7) is 3.46. The van der Waals surface area contributed by atoms with Gasteiger partial charge in [-0.2, -0.15) is 0 Å². The maximum atomic E-state index is 13.1. The van der Waals surface area contributed by atoms with E-state index < -0.39 is 26.0 Å². The summed E-state index contributed by atoms with van der Waals surface area (Å²) in [5.74, 6) is -0.156. The number of amides is 1. The Hall–Kier alpha value is -2.21. The lowest BCUT2D eigenvalue weighted by Gasteiger charge is -2.26. The van der Waals surface area contributed by atoms with E-state index in [0.717, 1.165) is 25.9 Å². The number of aryl methyl sites for hydroxylation is 1. The summed E-state index contributed by atoms with van der Waals surface area (Å²) in [5, 5.41) is 0. The maximum Gasteiger partial charge on any atom is 0.242 e. The van der Waals surface area contributed by atoms with Crippen LogP contribution in [0.4, 0.5) is 5.69 Å². The topological polar surface area (TPSA) is 117 Å². The van der Waals surface area contributed by atoms with Gasteiger partial charge < -0.3 is 4.42 Å². The van der Waals surface area contributed by atoms with Crippen LogP contribution in [-0.2, 0) is 24.8 Å². The summed E-state index contributed by atoms with van der Waals surface area (Å²) >= 11 is 0. The van der Waals surface area contributed by atoms with Gasteiger partial charge in [-0.25, -0.2) is 25.9 Å². The van der Waals surface area contributed by atoms with Crippen molar-refractivity contribution in [1.82, 2.24) is 9.62 Å². The van der Waals surface area contributed by atoms with E-state index in [1.807, 2.05) is 6.07 Å².